The van der Waals surface area contributed by atoms with Gasteiger partial charge in [-0.2, -0.15) is 0 Å². The van der Waals surface area contributed by atoms with E-state index in [4.69, 9.17) is 27.9 Å². The number of anilines is 1. The first-order chi connectivity index (χ1) is 15.3. The number of aromatic nitrogens is 1. The number of ether oxygens (including phenoxy) is 1. The molecule has 0 aliphatic carbocycles. The van der Waals surface area contributed by atoms with Crippen molar-refractivity contribution in [3.63, 3.8) is 0 Å². The Morgan fingerprint density at radius 3 is 2.59 bits per heavy atom. The van der Waals surface area contributed by atoms with E-state index >= 15 is 0 Å². The summed E-state index contributed by atoms with van der Waals surface area (Å²) in [5.41, 5.74) is 1.34. The zero-order valence-corrected chi connectivity index (χ0v) is 19.9. The van der Waals surface area contributed by atoms with Gasteiger partial charge in [-0.05, 0) is 50.4 Å². The fourth-order valence-electron chi connectivity index (χ4n) is 3.33. The van der Waals surface area contributed by atoms with E-state index in [1.807, 2.05) is 11.0 Å². The Morgan fingerprint density at radius 2 is 1.88 bits per heavy atom. The van der Waals surface area contributed by atoms with Crippen molar-refractivity contribution < 1.29 is 14.3 Å². The molecule has 1 fully saturated rings. The van der Waals surface area contributed by atoms with Gasteiger partial charge >= 0.3 is 0 Å². The second kappa shape index (κ2) is 9.62. The number of thiazole rings is 1. The zero-order valence-electron chi connectivity index (χ0n) is 17.6. The summed E-state index contributed by atoms with van der Waals surface area (Å²) >= 11 is 13.3. The lowest BCUT2D eigenvalue weighted by molar-refractivity contribution is -0.122. The molecule has 7 nitrogen and oxygen atoms in total. The maximum atomic E-state index is 12.8. The highest BCUT2D eigenvalue weighted by Gasteiger charge is 2.22. The van der Waals surface area contributed by atoms with E-state index in [1.165, 1.54) is 11.3 Å². The number of hydrogen-bond donors (Lipinski definition) is 1. The van der Waals surface area contributed by atoms with Crippen LogP contribution in [0.2, 0.25) is 10.0 Å². The number of fused-ring (bicyclic) bond motifs is 1. The van der Waals surface area contributed by atoms with Crippen molar-refractivity contribution >= 4 is 61.7 Å². The third-order valence-corrected chi connectivity index (χ3v) is 6.69. The van der Waals surface area contributed by atoms with Gasteiger partial charge in [0.25, 0.3) is 11.8 Å². The highest BCUT2D eigenvalue weighted by molar-refractivity contribution is 7.22. The third kappa shape index (κ3) is 5.15. The number of likely N-dealkylation sites (N-methyl/N-ethyl adjacent to an activating group) is 1. The van der Waals surface area contributed by atoms with Gasteiger partial charge in [0.05, 0.1) is 15.2 Å². The lowest BCUT2D eigenvalue weighted by Gasteiger charge is -2.32. The second-order valence-electron chi connectivity index (χ2n) is 7.62. The van der Waals surface area contributed by atoms with Gasteiger partial charge in [0.2, 0.25) is 0 Å². The van der Waals surface area contributed by atoms with Crippen LogP contribution in [0.25, 0.3) is 10.2 Å². The van der Waals surface area contributed by atoms with Crippen LogP contribution >= 0.6 is 34.5 Å². The van der Waals surface area contributed by atoms with Gasteiger partial charge in [0, 0.05) is 36.8 Å². The van der Waals surface area contributed by atoms with Crippen LogP contribution in [0.3, 0.4) is 0 Å². The maximum absolute atomic E-state index is 12.8. The summed E-state index contributed by atoms with van der Waals surface area (Å²) in [4.78, 5) is 33.9. The summed E-state index contributed by atoms with van der Waals surface area (Å²) < 4.78 is 6.48. The first-order valence-corrected chi connectivity index (χ1v) is 11.7. The fraction of sp³-hybridized carbons (Fsp3) is 0.318. The SMILES string of the molecule is CC(Oc1ccc(Cl)cc1Cl)C(=O)Nc1nc2ccc(C(=O)N3CCN(C)CC3)cc2s1. The Kier molecular flexibility index (Phi) is 6.85. The van der Waals surface area contributed by atoms with Crippen LogP contribution in [-0.2, 0) is 4.79 Å². The molecule has 10 heteroatoms. The molecule has 1 atom stereocenters. The molecule has 32 heavy (non-hydrogen) atoms. The number of carbonyl (C=O) groups excluding carboxylic acids is 2. The molecule has 1 aromatic heterocycles. The van der Waals surface area contributed by atoms with Crippen molar-refractivity contribution in [2.75, 3.05) is 38.5 Å². The molecule has 1 unspecified atom stereocenters. The van der Waals surface area contributed by atoms with Crippen molar-refractivity contribution in [2.45, 2.75) is 13.0 Å². The lowest BCUT2D eigenvalue weighted by Crippen LogP contribution is -2.47. The molecular formula is C22H22Cl2N4O3S. The van der Waals surface area contributed by atoms with E-state index in [9.17, 15) is 9.59 Å². The number of rotatable bonds is 5. The number of halogens is 2. The van der Waals surface area contributed by atoms with Gasteiger partial charge in [-0.15, -0.1) is 0 Å². The van der Waals surface area contributed by atoms with Gasteiger partial charge in [0.15, 0.2) is 11.2 Å². The number of nitrogens with one attached hydrogen (secondary N) is 1. The Bertz CT molecular complexity index is 1160. The highest BCUT2D eigenvalue weighted by Crippen LogP contribution is 2.30. The van der Waals surface area contributed by atoms with Crippen LogP contribution in [0.15, 0.2) is 36.4 Å². The minimum atomic E-state index is -0.796. The predicted molar refractivity (Wildman–Crippen MR) is 128 cm³/mol. The van der Waals surface area contributed by atoms with Crippen LogP contribution in [0.5, 0.6) is 5.75 Å². The zero-order chi connectivity index (χ0) is 22.8. The van der Waals surface area contributed by atoms with Crippen LogP contribution in [0, 0.1) is 0 Å². The summed E-state index contributed by atoms with van der Waals surface area (Å²) in [6.45, 7) is 4.79. The van der Waals surface area contributed by atoms with E-state index in [-0.39, 0.29) is 11.8 Å². The summed E-state index contributed by atoms with van der Waals surface area (Å²) in [5, 5.41) is 4.02. The van der Waals surface area contributed by atoms with Crippen LogP contribution in [0.1, 0.15) is 17.3 Å². The first-order valence-electron chi connectivity index (χ1n) is 10.1. The van der Waals surface area contributed by atoms with Gasteiger partial charge in [0.1, 0.15) is 5.75 Å². The minimum Gasteiger partial charge on any atom is -0.479 e. The van der Waals surface area contributed by atoms with E-state index in [2.05, 4.69) is 22.2 Å². The number of benzene rings is 2. The van der Waals surface area contributed by atoms with Crippen molar-refractivity contribution in [1.82, 2.24) is 14.8 Å². The molecule has 0 spiro atoms. The molecule has 2 amide bonds. The van der Waals surface area contributed by atoms with Crippen molar-refractivity contribution in [3.05, 3.63) is 52.0 Å². The number of nitrogens with zero attached hydrogens (tertiary/aromatic N) is 3. The summed E-state index contributed by atoms with van der Waals surface area (Å²) in [7, 11) is 2.05. The molecule has 1 aliphatic rings. The Morgan fingerprint density at radius 1 is 1.12 bits per heavy atom. The number of piperazine rings is 1. The van der Waals surface area contributed by atoms with Crippen LogP contribution in [0.4, 0.5) is 5.13 Å². The molecule has 1 aliphatic heterocycles. The van der Waals surface area contributed by atoms with Crippen molar-refractivity contribution in [2.24, 2.45) is 0 Å². The molecule has 4 rings (SSSR count). The average Bonchev–Trinajstić information content (AvgIpc) is 3.17. The third-order valence-electron chi connectivity index (χ3n) is 5.22. The Labute approximate surface area is 199 Å². The fourth-order valence-corrected chi connectivity index (χ4v) is 4.69. The summed E-state index contributed by atoms with van der Waals surface area (Å²) in [5.74, 6) is 0.0275. The van der Waals surface area contributed by atoms with Crippen LogP contribution in [-0.4, -0.2) is 65.9 Å². The molecule has 1 N–H and O–H groups in total. The molecule has 1 saturated heterocycles. The van der Waals surface area contributed by atoms with Crippen LogP contribution < -0.4 is 10.1 Å². The van der Waals surface area contributed by atoms with Crippen molar-refractivity contribution in [1.29, 1.82) is 0 Å². The summed E-state index contributed by atoms with van der Waals surface area (Å²) in [6.07, 6.45) is -0.796. The van der Waals surface area contributed by atoms with E-state index < -0.39 is 6.10 Å². The topological polar surface area (TPSA) is 74.8 Å². The molecule has 168 valence electrons. The molecule has 0 radical (unpaired) electrons. The smallest absolute Gasteiger partial charge is 0.266 e. The molecule has 2 heterocycles. The monoisotopic (exact) mass is 492 g/mol. The van der Waals surface area contributed by atoms with E-state index in [0.29, 0.717) is 39.6 Å². The average molecular weight is 493 g/mol. The number of carbonyl (C=O) groups is 2. The molecule has 2 aromatic carbocycles. The second-order valence-corrected chi connectivity index (χ2v) is 9.50. The lowest BCUT2D eigenvalue weighted by atomic mass is 10.1. The first kappa shape index (κ1) is 22.8. The predicted octanol–water partition coefficient (Wildman–Crippen LogP) is 4.40. The molecule has 3 aromatic rings. The van der Waals surface area contributed by atoms with Gasteiger partial charge in [-0.3, -0.25) is 14.9 Å². The standard InChI is InChI=1S/C22H22Cl2N4O3S/c1-13(31-18-6-4-15(23)12-16(18)24)20(29)26-22-25-17-5-3-14(11-19(17)32-22)21(30)28-9-7-27(2)8-10-28/h3-6,11-13H,7-10H2,1-2H3,(H,25,26,29). The largest absolute Gasteiger partial charge is 0.479 e. The Balaban J connectivity index is 1.43. The van der Waals surface area contributed by atoms with Gasteiger partial charge in [-0.1, -0.05) is 34.5 Å². The Hall–Kier alpha value is -2.39. The molecular weight excluding hydrogens is 471 g/mol. The van der Waals surface area contributed by atoms with E-state index in [0.717, 1.165) is 23.3 Å². The summed E-state index contributed by atoms with van der Waals surface area (Å²) in [6, 6.07) is 10.2. The maximum Gasteiger partial charge on any atom is 0.266 e. The molecule has 0 saturated carbocycles. The van der Waals surface area contributed by atoms with E-state index in [1.54, 1.807) is 37.3 Å². The van der Waals surface area contributed by atoms with Crippen molar-refractivity contribution in [3.8, 4) is 5.75 Å². The quantitative estimate of drug-likeness (QED) is 0.571. The molecule has 0 bridgehead atoms. The minimum absolute atomic E-state index is 0.0147. The van der Waals surface area contributed by atoms with Gasteiger partial charge in [-0.25, -0.2) is 4.98 Å². The van der Waals surface area contributed by atoms with Gasteiger partial charge < -0.3 is 14.5 Å². The number of hydrogen-bond acceptors (Lipinski definition) is 6. The highest BCUT2D eigenvalue weighted by atomic mass is 35.5. The normalized spacial score (nSPS) is 15.6. The number of amides is 2.